The summed E-state index contributed by atoms with van der Waals surface area (Å²) < 4.78 is 26.5. The first-order valence-corrected chi connectivity index (χ1v) is 11.6. The smallest absolute Gasteiger partial charge is 0.313 e. The summed E-state index contributed by atoms with van der Waals surface area (Å²) in [6.07, 6.45) is 9.34. The van der Waals surface area contributed by atoms with Crippen molar-refractivity contribution in [2.75, 3.05) is 46.7 Å². The second-order valence-electron chi connectivity index (χ2n) is 8.33. The molecule has 1 saturated heterocycles. The van der Waals surface area contributed by atoms with Crippen LogP contribution in [0.5, 0.6) is 5.88 Å². The third-order valence-corrected chi connectivity index (χ3v) is 6.20. The summed E-state index contributed by atoms with van der Waals surface area (Å²) in [7, 11) is 2.13. The number of carbonyl (C=O) groups excluding carboxylic acids is 1. The Balaban J connectivity index is 1.52. The average molecular weight is 425 g/mol. The fraction of sp³-hybridized carbons (Fsp3) is 0.762. The van der Waals surface area contributed by atoms with Gasteiger partial charge >= 0.3 is 5.97 Å². The standard InChI is InChI=1S/C21H34N3O4S/c1-3-4-5-6-12-27-20-19(22-29-23-20)18-8-7-11-24(2,15-18)16-28-21(25)17-9-13-26-14-10-17/h8,17H,3-7,9-16H2,1-2H3/q+1. The van der Waals surface area contributed by atoms with E-state index in [1.54, 1.807) is 0 Å². The normalized spacial score (nSPS) is 22.9. The van der Waals surface area contributed by atoms with E-state index in [0.29, 0.717) is 36.9 Å². The van der Waals surface area contributed by atoms with Crippen molar-refractivity contribution in [2.24, 2.45) is 5.92 Å². The van der Waals surface area contributed by atoms with E-state index >= 15 is 0 Å². The Kier molecular flexibility index (Phi) is 8.44. The van der Waals surface area contributed by atoms with Crippen molar-refractivity contribution in [3.05, 3.63) is 11.8 Å². The van der Waals surface area contributed by atoms with E-state index in [1.807, 2.05) is 0 Å². The highest BCUT2D eigenvalue weighted by atomic mass is 32.1. The van der Waals surface area contributed by atoms with Crippen LogP contribution in [0.4, 0.5) is 0 Å². The zero-order valence-corrected chi connectivity index (χ0v) is 18.5. The van der Waals surface area contributed by atoms with Crippen LogP contribution in [-0.2, 0) is 14.3 Å². The van der Waals surface area contributed by atoms with Gasteiger partial charge in [-0.3, -0.25) is 9.28 Å². The van der Waals surface area contributed by atoms with Gasteiger partial charge in [0.05, 0.1) is 37.8 Å². The van der Waals surface area contributed by atoms with Crippen molar-refractivity contribution in [3.8, 4) is 5.88 Å². The molecule has 1 fully saturated rings. The van der Waals surface area contributed by atoms with Crippen molar-refractivity contribution in [1.82, 2.24) is 8.75 Å². The molecule has 8 heteroatoms. The molecule has 3 heterocycles. The summed E-state index contributed by atoms with van der Waals surface area (Å²) in [5.74, 6) is 0.534. The molecule has 0 amide bonds. The highest BCUT2D eigenvalue weighted by Gasteiger charge is 2.32. The van der Waals surface area contributed by atoms with E-state index in [-0.39, 0.29) is 11.9 Å². The Labute approximate surface area is 177 Å². The minimum Gasteiger partial charge on any atom is -0.475 e. The lowest BCUT2D eigenvalue weighted by Gasteiger charge is -2.36. The van der Waals surface area contributed by atoms with Gasteiger partial charge in [0.25, 0.3) is 5.88 Å². The van der Waals surface area contributed by atoms with Crippen molar-refractivity contribution in [2.45, 2.75) is 51.9 Å². The van der Waals surface area contributed by atoms with Gasteiger partial charge in [-0.1, -0.05) is 32.3 Å². The molecule has 7 nitrogen and oxygen atoms in total. The summed E-state index contributed by atoms with van der Waals surface area (Å²) in [6.45, 7) is 6.27. The molecular weight excluding hydrogens is 390 g/mol. The van der Waals surface area contributed by atoms with Crippen LogP contribution in [0.25, 0.3) is 5.57 Å². The number of esters is 1. The number of unbranched alkanes of at least 4 members (excludes halogenated alkanes) is 3. The Bertz CT molecular complexity index is 687. The van der Waals surface area contributed by atoms with Crippen LogP contribution < -0.4 is 4.74 Å². The SMILES string of the molecule is CCCCCCOc1nsnc1C1=CCC[N+](C)(COC(=O)C2CCOCC2)C1. The van der Waals surface area contributed by atoms with Crippen LogP contribution in [0.3, 0.4) is 0 Å². The number of nitrogens with zero attached hydrogens (tertiary/aromatic N) is 3. The maximum absolute atomic E-state index is 12.4. The fourth-order valence-corrected chi connectivity index (χ4v) is 4.36. The molecule has 162 valence electrons. The molecule has 3 rings (SSSR count). The molecule has 0 aliphatic carbocycles. The Morgan fingerprint density at radius 3 is 2.90 bits per heavy atom. The van der Waals surface area contributed by atoms with Crippen LogP contribution in [0.15, 0.2) is 6.08 Å². The quantitative estimate of drug-likeness (QED) is 0.324. The molecule has 29 heavy (non-hydrogen) atoms. The second kappa shape index (κ2) is 11.0. The van der Waals surface area contributed by atoms with Crippen LogP contribution >= 0.6 is 11.7 Å². The topological polar surface area (TPSA) is 70.5 Å². The van der Waals surface area contributed by atoms with E-state index in [1.165, 1.54) is 31.0 Å². The summed E-state index contributed by atoms with van der Waals surface area (Å²) >= 11 is 1.20. The van der Waals surface area contributed by atoms with Crippen molar-refractivity contribution < 1.29 is 23.5 Å². The van der Waals surface area contributed by atoms with Gasteiger partial charge in [-0.05, 0) is 19.3 Å². The molecule has 1 aromatic heterocycles. The third kappa shape index (κ3) is 6.49. The lowest BCUT2D eigenvalue weighted by Crippen LogP contribution is -2.50. The highest BCUT2D eigenvalue weighted by molar-refractivity contribution is 6.99. The zero-order valence-electron chi connectivity index (χ0n) is 17.7. The average Bonchev–Trinajstić information content (AvgIpc) is 3.21. The zero-order chi connectivity index (χ0) is 20.5. The van der Waals surface area contributed by atoms with Gasteiger partial charge in [-0.15, -0.1) is 4.37 Å². The molecule has 1 aromatic rings. The maximum Gasteiger partial charge on any atom is 0.313 e. The highest BCUT2D eigenvalue weighted by Crippen LogP contribution is 2.30. The number of aromatic nitrogens is 2. The summed E-state index contributed by atoms with van der Waals surface area (Å²) in [5, 5.41) is 0. The summed E-state index contributed by atoms with van der Waals surface area (Å²) in [6, 6.07) is 0. The number of rotatable bonds is 10. The van der Waals surface area contributed by atoms with Gasteiger partial charge in [0.2, 0.25) is 6.73 Å². The van der Waals surface area contributed by atoms with Crippen molar-refractivity contribution in [1.29, 1.82) is 0 Å². The van der Waals surface area contributed by atoms with Crippen molar-refractivity contribution in [3.63, 3.8) is 0 Å². The molecule has 0 saturated carbocycles. The minimum absolute atomic E-state index is 0.0226. The predicted molar refractivity (Wildman–Crippen MR) is 113 cm³/mol. The van der Waals surface area contributed by atoms with E-state index < -0.39 is 0 Å². The molecular formula is C21H34N3O4S+. The molecule has 0 N–H and O–H groups in total. The predicted octanol–water partition coefficient (Wildman–Crippen LogP) is 3.66. The first kappa shape index (κ1) is 22.2. The van der Waals surface area contributed by atoms with Crippen LogP contribution in [0, 0.1) is 5.92 Å². The first-order valence-electron chi connectivity index (χ1n) is 10.8. The maximum atomic E-state index is 12.4. The summed E-state index contributed by atoms with van der Waals surface area (Å²) in [4.78, 5) is 12.4. The molecule has 0 bridgehead atoms. The van der Waals surface area contributed by atoms with Crippen molar-refractivity contribution >= 4 is 23.3 Å². The van der Waals surface area contributed by atoms with Gasteiger partial charge in [0.1, 0.15) is 12.2 Å². The van der Waals surface area contributed by atoms with Crippen LogP contribution in [-0.4, -0.2) is 65.9 Å². The number of ether oxygens (including phenoxy) is 3. The molecule has 1 atom stereocenters. The molecule has 0 aromatic carbocycles. The van der Waals surface area contributed by atoms with Gasteiger partial charge in [0, 0.05) is 25.2 Å². The Hall–Kier alpha value is -1.51. The van der Waals surface area contributed by atoms with E-state index in [2.05, 4.69) is 28.8 Å². The van der Waals surface area contributed by atoms with Gasteiger partial charge in [-0.25, -0.2) is 0 Å². The first-order chi connectivity index (χ1) is 14.1. The van der Waals surface area contributed by atoms with Crippen LogP contribution in [0.1, 0.15) is 57.6 Å². The van der Waals surface area contributed by atoms with E-state index in [4.69, 9.17) is 14.2 Å². The third-order valence-electron chi connectivity index (χ3n) is 5.68. The van der Waals surface area contributed by atoms with Crippen LogP contribution in [0.2, 0.25) is 0 Å². The summed E-state index contributed by atoms with van der Waals surface area (Å²) in [5.41, 5.74) is 1.99. The number of hydrogen-bond acceptors (Lipinski definition) is 7. The van der Waals surface area contributed by atoms with E-state index in [0.717, 1.165) is 50.0 Å². The lowest BCUT2D eigenvalue weighted by molar-refractivity contribution is -0.919. The number of hydrogen-bond donors (Lipinski definition) is 0. The van der Waals surface area contributed by atoms with Gasteiger partial charge < -0.3 is 14.2 Å². The number of carbonyl (C=O) groups is 1. The Morgan fingerprint density at radius 1 is 1.28 bits per heavy atom. The second-order valence-corrected chi connectivity index (χ2v) is 8.85. The minimum atomic E-state index is -0.0878. The number of likely N-dealkylation sites (N-methyl/N-ethyl adjacent to an activating group) is 1. The van der Waals surface area contributed by atoms with Gasteiger partial charge in [0.15, 0.2) is 0 Å². The molecule has 0 radical (unpaired) electrons. The molecule has 1 unspecified atom stereocenters. The Morgan fingerprint density at radius 2 is 2.10 bits per heavy atom. The van der Waals surface area contributed by atoms with E-state index in [9.17, 15) is 4.79 Å². The monoisotopic (exact) mass is 424 g/mol. The largest absolute Gasteiger partial charge is 0.475 e. The molecule has 2 aliphatic heterocycles. The molecule has 0 spiro atoms. The number of quaternary nitrogens is 1. The lowest BCUT2D eigenvalue weighted by atomic mass is 10.0. The fourth-order valence-electron chi connectivity index (χ4n) is 3.83. The van der Waals surface area contributed by atoms with Gasteiger partial charge in [-0.2, -0.15) is 4.37 Å². The molecule has 2 aliphatic rings.